The van der Waals surface area contributed by atoms with Crippen LogP contribution in [0.3, 0.4) is 0 Å². The van der Waals surface area contributed by atoms with Crippen LogP contribution in [0, 0.1) is 11.8 Å². The molecule has 0 saturated carbocycles. The van der Waals surface area contributed by atoms with Crippen LogP contribution in [0.4, 0.5) is 0 Å². The fourth-order valence-electron chi connectivity index (χ4n) is 4.61. The summed E-state index contributed by atoms with van der Waals surface area (Å²) in [7, 11) is 0. The third kappa shape index (κ3) is 3.18. The summed E-state index contributed by atoms with van der Waals surface area (Å²) in [6.45, 7) is 2.45. The number of carboxylic acid groups (broad SMARTS) is 1. The lowest BCUT2D eigenvalue weighted by Gasteiger charge is -2.38. The minimum absolute atomic E-state index is 0.133. The van der Waals surface area contributed by atoms with Crippen LogP contribution in [0.5, 0.6) is 5.75 Å². The minimum Gasteiger partial charge on any atom is -0.493 e. The Morgan fingerprint density at radius 1 is 1.04 bits per heavy atom. The number of fused-ring (bicyclic) bond motifs is 1. The number of aliphatic carboxylic acids is 1. The molecule has 3 aliphatic rings. The van der Waals surface area contributed by atoms with E-state index in [0.29, 0.717) is 39.1 Å². The Morgan fingerprint density at radius 2 is 1.81 bits per heavy atom. The second kappa shape index (κ2) is 7.27. The summed E-state index contributed by atoms with van der Waals surface area (Å²) in [5.41, 5.74) is 0.982. The zero-order valence-electron chi connectivity index (χ0n) is 14.8. The topological polar surface area (TPSA) is 76.1 Å². The summed E-state index contributed by atoms with van der Waals surface area (Å²) in [6, 6.07) is 7.78. The zero-order chi connectivity index (χ0) is 18.1. The molecule has 0 bridgehead atoms. The summed E-state index contributed by atoms with van der Waals surface area (Å²) in [4.78, 5) is 26.4. The van der Waals surface area contributed by atoms with Gasteiger partial charge in [-0.2, -0.15) is 0 Å². The normalized spacial score (nSPS) is 29.1. The molecule has 1 aromatic carbocycles. The summed E-state index contributed by atoms with van der Waals surface area (Å²) in [5.74, 6) is -0.0815. The molecule has 0 aliphatic carbocycles. The molecule has 3 atom stereocenters. The smallest absolute Gasteiger partial charge is 0.309 e. The van der Waals surface area contributed by atoms with Crippen LogP contribution in [0.15, 0.2) is 24.3 Å². The quantitative estimate of drug-likeness (QED) is 0.896. The van der Waals surface area contributed by atoms with Crippen LogP contribution in [0.25, 0.3) is 0 Å². The molecule has 140 valence electrons. The van der Waals surface area contributed by atoms with Gasteiger partial charge in [0.25, 0.3) is 0 Å². The lowest BCUT2D eigenvalue weighted by molar-refractivity contribution is -0.146. The molecule has 1 aromatic rings. The Morgan fingerprint density at radius 3 is 2.58 bits per heavy atom. The van der Waals surface area contributed by atoms with E-state index in [1.165, 1.54) is 0 Å². The fourth-order valence-corrected chi connectivity index (χ4v) is 4.61. The van der Waals surface area contributed by atoms with Crippen molar-refractivity contribution in [3.05, 3.63) is 29.8 Å². The van der Waals surface area contributed by atoms with Gasteiger partial charge in [-0.1, -0.05) is 18.2 Å². The lowest BCUT2D eigenvalue weighted by Crippen LogP contribution is -2.45. The Kier molecular flexibility index (Phi) is 4.85. The average Bonchev–Trinajstić information content (AvgIpc) is 3.17. The first-order chi connectivity index (χ1) is 12.6. The van der Waals surface area contributed by atoms with Gasteiger partial charge in [0, 0.05) is 25.3 Å². The van der Waals surface area contributed by atoms with E-state index in [0.717, 1.165) is 24.2 Å². The van der Waals surface area contributed by atoms with Crippen LogP contribution in [0.2, 0.25) is 0 Å². The van der Waals surface area contributed by atoms with Crippen molar-refractivity contribution < 1.29 is 24.2 Å². The predicted molar refractivity (Wildman–Crippen MR) is 94.1 cm³/mol. The van der Waals surface area contributed by atoms with E-state index < -0.39 is 11.9 Å². The summed E-state index contributed by atoms with van der Waals surface area (Å²) in [6.07, 6.45) is 2.73. The molecule has 2 saturated heterocycles. The molecule has 1 amide bonds. The van der Waals surface area contributed by atoms with Crippen LogP contribution >= 0.6 is 0 Å². The molecule has 26 heavy (non-hydrogen) atoms. The number of carbonyl (C=O) groups excluding carboxylic acids is 1. The number of para-hydroxylation sites is 1. The molecule has 1 N–H and O–H groups in total. The molecule has 0 spiro atoms. The number of carboxylic acids is 1. The molecule has 4 rings (SSSR count). The van der Waals surface area contributed by atoms with Gasteiger partial charge in [-0.25, -0.2) is 0 Å². The number of hydrogen-bond acceptors (Lipinski definition) is 4. The Hall–Kier alpha value is -2.08. The number of amides is 1. The van der Waals surface area contributed by atoms with Crippen LogP contribution < -0.4 is 4.74 Å². The van der Waals surface area contributed by atoms with Gasteiger partial charge in [-0.05, 0) is 37.7 Å². The predicted octanol–water partition coefficient (Wildman–Crippen LogP) is 2.28. The third-order valence-electron chi connectivity index (χ3n) is 6.03. The van der Waals surface area contributed by atoms with Crippen molar-refractivity contribution in [3.8, 4) is 5.75 Å². The molecule has 6 heteroatoms. The van der Waals surface area contributed by atoms with Crippen molar-refractivity contribution in [2.75, 3.05) is 26.3 Å². The van der Waals surface area contributed by atoms with Crippen molar-refractivity contribution in [3.63, 3.8) is 0 Å². The first kappa shape index (κ1) is 17.3. The molecule has 3 heterocycles. The summed E-state index contributed by atoms with van der Waals surface area (Å²) in [5, 5.41) is 9.36. The first-order valence-electron chi connectivity index (χ1n) is 9.50. The van der Waals surface area contributed by atoms with Gasteiger partial charge in [0.15, 0.2) is 0 Å². The fraction of sp³-hybridized carbons (Fsp3) is 0.600. The number of hydrogen-bond donors (Lipinski definition) is 1. The molecule has 0 aromatic heterocycles. The zero-order valence-corrected chi connectivity index (χ0v) is 14.8. The van der Waals surface area contributed by atoms with Gasteiger partial charge in [0.2, 0.25) is 5.91 Å². The molecule has 6 nitrogen and oxygen atoms in total. The molecule has 2 fully saturated rings. The van der Waals surface area contributed by atoms with Crippen molar-refractivity contribution in [2.45, 2.75) is 37.7 Å². The number of ether oxygens (including phenoxy) is 2. The van der Waals surface area contributed by atoms with Crippen LogP contribution in [0.1, 0.15) is 37.2 Å². The Bertz CT molecular complexity index is 683. The van der Waals surface area contributed by atoms with E-state index in [9.17, 15) is 14.7 Å². The van der Waals surface area contributed by atoms with Crippen molar-refractivity contribution in [1.82, 2.24) is 4.90 Å². The maximum absolute atomic E-state index is 13.1. The maximum Gasteiger partial charge on any atom is 0.309 e. The largest absolute Gasteiger partial charge is 0.493 e. The standard InChI is InChI=1S/C20H25NO5/c22-19(15-7-11-25-17-4-2-1-3-14(15)17)21-9-5-13(6-10-21)18-16(20(23)24)8-12-26-18/h1-4,13,15-16,18H,5-12H2,(H,23,24)/t15?,16?,18-/m0/s1. The molecule has 2 unspecified atom stereocenters. The van der Waals surface area contributed by atoms with Crippen molar-refractivity contribution >= 4 is 11.9 Å². The van der Waals surface area contributed by atoms with Gasteiger partial charge >= 0.3 is 5.97 Å². The van der Waals surface area contributed by atoms with Gasteiger partial charge in [0.05, 0.1) is 24.5 Å². The minimum atomic E-state index is -0.759. The Labute approximate surface area is 153 Å². The highest BCUT2D eigenvalue weighted by molar-refractivity contribution is 5.85. The van der Waals surface area contributed by atoms with Crippen LogP contribution in [-0.4, -0.2) is 54.3 Å². The van der Waals surface area contributed by atoms with E-state index in [2.05, 4.69) is 0 Å². The molecule has 3 aliphatic heterocycles. The lowest BCUT2D eigenvalue weighted by atomic mass is 9.83. The van der Waals surface area contributed by atoms with Gasteiger partial charge in [0.1, 0.15) is 5.75 Å². The number of rotatable bonds is 3. The van der Waals surface area contributed by atoms with E-state index >= 15 is 0 Å². The number of nitrogens with zero attached hydrogens (tertiary/aromatic N) is 1. The van der Waals surface area contributed by atoms with Crippen molar-refractivity contribution in [1.29, 1.82) is 0 Å². The summed E-state index contributed by atoms with van der Waals surface area (Å²) >= 11 is 0. The van der Waals surface area contributed by atoms with E-state index in [1.807, 2.05) is 29.2 Å². The molecular weight excluding hydrogens is 334 g/mol. The van der Waals surface area contributed by atoms with E-state index in [1.54, 1.807) is 0 Å². The second-order valence-corrected chi connectivity index (χ2v) is 7.46. The van der Waals surface area contributed by atoms with Gasteiger partial charge in [-0.3, -0.25) is 9.59 Å². The van der Waals surface area contributed by atoms with Crippen LogP contribution in [-0.2, 0) is 14.3 Å². The second-order valence-electron chi connectivity index (χ2n) is 7.46. The Balaban J connectivity index is 1.39. The first-order valence-corrected chi connectivity index (χ1v) is 9.50. The number of benzene rings is 1. The average molecular weight is 359 g/mol. The highest BCUT2D eigenvalue weighted by Gasteiger charge is 2.41. The monoisotopic (exact) mass is 359 g/mol. The number of likely N-dealkylation sites (tertiary alicyclic amines) is 1. The highest BCUT2D eigenvalue weighted by atomic mass is 16.5. The SMILES string of the molecule is O=C(O)C1CCO[C@H]1C1CCN(C(=O)C2CCOc3ccccc32)CC1. The van der Waals surface area contributed by atoms with E-state index in [4.69, 9.17) is 9.47 Å². The van der Waals surface area contributed by atoms with Crippen molar-refractivity contribution in [2.24, 2.45) is 11.8 Å². The third-order valence-corrected chi connectivity index (χ3v) is 6.03. The van der Waals surface area contributed by atoms with E-state index in [-0.39, 0.29) is 23.8 Å². The number of piperidine rings is 1. The maximum atomic E-state index is 13.1. The van der Waals surface area contributed by atoms with Gasteiger partial charge in [-0.15, -0.1) is 0 Å². The summed E-state index contributed by atoms with van der Waals surface area (Å²) < 4.78 is 11.4. The molecule has 0 radical (unpaired) electrons. The van der Waals surface area contributed by atoms with Gasteiger partial charge < -0.3 is 19.5 Å². The highest BCUT2D eigenvalue weighted by Crippen LogP contribution is 2.37. The number of carbonyl (C=O) groups is 2. The molecular formula is C20H25NO5.